The summed E-state index contributed by atoms with van der Waals surface area (Å²) in [6.45, 7) is 4.94. The fourth-order valence-electron chi connectivity index (χ4n) is 4.14. The van der Waals surface area contributed by atoms with Gasteiger partial charge in [0.05, 0.1) is 12.1 Å². The summed E-state index contributed by atoms with van der Waals surface area (Å²) in [7, 11) is 0. The van der Waals surface area contributed by atoms with Crippen molar-refractivity contribution in [3.63, 3.8) is 0 Å². The molecule has 0 radical (unpaired) electrons. The van der Waals surface area contributed by atoms with Gasteiger partial charge in [-0.2, -0.15) is 0 Å². The number of amides is 1. The predicted octanol–water partition coefficient (Wildman–Crippen LogP) is 4.24. The molecule has 3 heterocycles. The molecule has 0 unspecified atom stereocenters. The van der Waals surface area contributed by atoms with E-state index in [-0.39, 0.29) is 11.5 Å². The van der Waals surface area contributed by atoms with Gasteiger partial charge >= 0.3 is 0 Å². The summed E-state index contributed by atoms with van der Waals surface area (Å²) in [4.78, 5) is 30.2. The molecular weight excluding hydrogens is 412 g/mol. The minimum atomic E-state index is -0.124. The van der Waals surface area contributed by atoms with Crippen molar-refractivity contribution in [3.05, 3.63) is 117 Å². The van der Waals surface area contributed by atoms with Crippen molar-refractivity contribution in [1.29, 1.82) is 0 Å². The van der Waals surface area contributed by atoms with E-state index >= 15 is 0 Å². The Kier molecular flexibility index (Phi) is 5.26. The minimum absolute atomic E-state index is 0.0958. The summed E-state index contributed by atoms with van der Waals surface area (Å²) in [5.74, 6) is -0.124. The Morgan fingerprint density at radius 3 is 2.58 bits per heavy atom. The maximum absolute atomic E-state index is 13.1. The van der Waals surface area contributed by atoms with Crippen LogP contribution >= 0.6 is 0 Å². The van der Waals surface area contributed by atoms with Crippen molar-refractivity contribution in [2.75, 3.05) is 0 Å². The van der Waals surface area contributed by atoms with E-state index in [0.29, 0.717) is 29.8 Å². The number of rotatable bonds is 5. The van der Waals surface area contributed by atoms with E-state index in [0.717, 1.165) is 22.2 Å². The van der Waals surface area contributed by atoms with Gasteiger partial charge in [-0.1, -0.05) is 35.9 Å². The molecular formula is C27H24N4O2. The number of pyridine rings is 1. The normalized spacial score (nSPS) is 11.2. The number of carbonyl (C=O) groups is 1. The zero-order valence-corrected chi connectivity index (χ0v) is 18.6. The van der Waals surface area contributed by atoms with Crippen LogP contribution in [0.1, 0.15) is 32.6 Å². The number of nitrogens with zero attached hydrogens (tertiary/aromatic N) is 3. The Balaban J connectivity index is 1.37. The van der Waals surface area contributed by atoms with Crippen molar-refractivity contribution in [2.24, 2.45) is 0 Å². The largest absolute Gasteiger partial charge is 0.348 e. The topological polar surface area (TPSA) is 68.4 Å². The van der Waals surface area contributed by atoms with E-state index < -0.39 is 0 Å². The summed E-state index contributed by atoms with van der Waals surface area (Å²) in [5, 5.41) is 3.00. The highest BCUT2D eigenvalue weighted by atomic mass is 16.1. The first-order chi connectivity index (χ1) is 16.0. The molecule has 2 aromatic carbocycles. The second-order valence-electron chi connectivity index (χ2n) is 8.31. The lowest BCUT2D eigenvalue weighted by Crippen LogP contribution is -2.24. The number of aromatic nitrogens is 3. The van der Waals surface area contributed by atoms with Crippen molar-refractivity contribution in [3.8, 4) is 0 Å². The molecule has 0 aliphatic heterocycles. The molecule has 5 rings (SSSR count). The van der Waals surface area contributed by atoms with Gasteiger partial charge < -0.3 is 9.72 Å². The Morgan fingerprint density at radius 2 is 1.76 bits per heavy atom. The van der Waals surface area contributed by atoms with Crippen LogP contribution in [0.15, 0.2) is 83.9 Å². The van der Waals surface area contributed by atoms with Gasteiger partial charge in [-0.3, -0.25) is 14.2 Å². The fourth-order valence-corrected chi connectivity index (χ4v) is 4.14. The van der Waals surface area contributed by atoms with Gasteiger partial charge in [0.25, 0.3) is 11.5 Å². The molecule has 3 aromatic heterocycles. The Bertz CT molecular complexity index is 1540. The van der Waals surface area contributed by atoms with Crippen LogP contribution in [0.25, 0.3) is 16.7 Å². The maximum atomic E-state index is 13.1. The van der Waals surface area contributed by atoms with Gasteiger partial charge in [0.1, 0.15) is 5.52 Å². The molecule has 0 atom stereocenters. The van der Waals surface area contributed by atoms with E-state index in [1.54, 1.807) is 22.9 Å². The highest BCUT2D eigenvalue weighted by Crippen LogP contribution is 2.15. The SMILES string of the molecule is Cc1ccc(C)c(CNC(=O)c2ccc(Cn3c(=O)c4cccn4c4cccnc43)cc2)c1. The third-order valence-electron chi connectivity index (χ3n) is 6.00. The monoisotopic (exact) mass is 436 g/mol. The van der Waals surface area contributed by atoms with Crippen LogP contribution in [0.4, 0.5) is 0 Å². The lowest BCUT2D eigenvalue weighted by molar-refractivity contribution is 0.0951. The van der Waals surface area contributed by atoms with E-state index in [9.17, 15) is 9.59 Å². The van der Waals surface area contributed by atoms with Crippen LogP contribution in [0, 0.1) is 13.8 Å². The molecule has 164 valence electrons. The lowest BCUT2D eigenvalue weighted by atomic mass is 10.1. The van der Waals surface area contributed by atoms with Gasteiger partial charge in [0.15, 0.2) is 5.65 Å². The summed E-state index contributed by atoms with van der Waals surface area (Å²) in [6, 6.07) is 21.1. The van der Waals surface area contributed by atoms with Gasteiger partial charge in [-0.25, -0.2) is 4.98 Å². The number of hydrogen-bond donors (Lipinski definition) is 1. The zero-order chi connectivity index (χ0) is 22.9. The second-order valence-corrected chi connectivity index (χ2v) is 8.31. The molecule has 0 bridgehead atoms. The molecule has 33 heavy (non-hydrogen) atoms. The summed E-state index contributed by atoms with van der Waals surface area (Å²) in [5.41, 5.74) is 6.96. The molecule has 0 fully saturated rings. The van der Waals surface area contributed by atoms with Crippen LogP contribution in [0.3, 0.4) is 0 Å². The molecule has 0 aliphatic rings. The van der Waals surface area contributed by atoms with E-state index in [2.05, 4.69) is 28.5 Å². The van der Waals surface area contributed by atoms with Crippen LogP contribution < -0.4 is 10.9 Å². The van der Waals surface area contributed by atoms with Gasteiger partial charge in [-0.15, -0.1) is 0 Å². The standard InChI is InChI=1S/C27H24N4O2/c1-18-7-8-19(2)22(15-18)16-29-26(32)21-11-9-20(10-12-21)17-31-25-23(5-3-13-28-25)30-14-4-6-24(30)27(31)33/h3-15H,16-17H2,1-2H3,(H,29,32). The first-order valence-electron chi connectivity index (χ1n) is 10.9. The number of carbonyl (C=O) groups excluding carboxylic acids is 1. The van der Waals surface area contributed by atoms with E-state index in [1.165, 1.54) is 5.56 Å². The predicted molar refractivity (Wildman–Crippen MR) is 130 cm³/mol. The van der Waals surface area contributed by atoms with Gasteiger partial charge in [-0.05, 0) is 66.9 Å². The number of hydrogen-bond acceptors (Lipinski definition) is 3. The highest BCUT2D eigenvalue weighted by molar-refractivity contribution is 5.94. The lowest BCUT2D eigenvalue weighted by Gasteiger charge is -2.12. The smallest absolute Gasteiger partial charge is 0.276 e. The molecule has 5 aromatic rings. The van der Waals surface area contributed by atoms with E-state index in [1.807, 2.05) is 60.8 Å². The third-order valence-corrected chi connectivity index (χ3v) is 6.00. The molecule has 0 saturated carbocycles. The highest BCUT2D eigenvalue weighted by Gasteiger charge is 2.12. The maximum Gasteiger partial charge on any atom is 0.276 e. The molecule has 1 amide bonds. The molecule has 6 heteroatoms. The Labute approximate surface area is 191 Å². The van der Waals surface area contributed by atoms with Crippen molar-refractivity contribution in [1.82, 2.24) is 19.3 Å². The van der Waals surface area contributed by atoms with Gasteiger partial charge in [0.2, 0.25) is 0 Å². The summed E-state index contributed by atoms with van der Waals surface area (Å²) >= 11 is 0. The number of fused-ring (bicyclic) bond motifs is 3. The van der Waals surface area contributed by atoms with Crippen molar-refractivity contribution >= 4 is 22.6 Å². The van der Waals surface area contributed by atoms with Crippen molar-refractivity contribution < 1.29 is 4.79 Å². The molecule has 6 nitrogen and oxygen atoms in total. The summed E-state index contributed by atoms with van der Waals surface area (Å²) < 4.78 is 3.55. The molecule has 0 aliphatic carbocycles. The minimum Gasteiger partial charge on any atom is -0.348 e. The third kappa shape index (κ3) is 3.91. The van der Waals surface area contributed by atoms with Crippen LogP contribution in [-0.2, 0) is 13.1 Å². The second kappa shape index (κ2) is 8.39. The molecule has 0 saturated heterocycles. The van der Waals surface area contributed by atoms with Crippen LogP contribution in [0.2, 0.25) is 0 Å². The summed E-state index contributed by atoms with van der Waals surface area (Å²) in [6.07, 6.45) is 3.56. The van der Waals surface area contributed by atoms with Crippen molar-refractivity contribution in [2.45, 2.75) is 26.9 Å². The van der Waals surface area contributed by atoms with Crippen LogP contribution in [-0.4, -0.2) is 19.9 Å². The first-order valence-corrected chi connectivity index (χ1v) is 10.9. The first kappa shape index (κ1) is 20.7. The molecule has 1 N–H and O–H groups in total. The zero-order valence-electron chi connectivity index (χ0n) is 18.6. The molecule has 0 spiro atoms. The number of benzene rings is 2. The Hall–Kier alpha value is -4.19. The number of nitrogens with one attached hydrogen (secondary N) is 1. The average Bonchev–Trinajstić information content (AvgIpc) is 3.33. The van der Waals surface area contributed by atoms with Crippen LogP contribution in [0.5, 0.6) is 0 Å². The quantitative estimate of drug-likeness (QED) is 0.448. The Morgan fingerprint density at radius 1 is 0.970 bits per heavy atom. The van der Waals surface area contributed by atoms with E-state index in [4.69, 9.17) is 0 Å². The fraction of sp³-hybridized carbons (Fsp3) is 0.148. The van der Waals surface area contributed by atoms with Gasteiger partial charge in [0, 0.05) is 24.5 Å². The number of aryl methyl sites for hydroxylation is 2. The average molecular weight is 437 g/mol.